The number of fused-ring (bicyclic) bond motifs is 1. The van der Waals surface area contributed by atoms with Crippen molar-refractivity contribution in [3.63, 3.8) is 0 Å². The average molecular weight is 386 g/mol. The first kappa shape index (κ1) is 18.7. The number of likely N-dealkylation sites (tertiary alicyclic amines) is 1. The zero-order valence-electron chi connectivity index (χ0n) is 15.8. The highest BCUT2D eigenvalue weighted by atomic mass is 35.5. The van der Waals surface area contributed by atoms with Crippen LogP contribution in [-0.2, 0) is 6.54 Å². The van der Waals surface area contributed by atoms with Crippen molar-refractivity contribution in [2.75, 3.05) is 32.8 Å². The molecule has 27 heavy (non-hydrogen) atoms. The fourth-order valence-corrected chi connectivity index (χ4v) is 4.36. The number of piperidine rings is 1. The van der Waals surface area contributed by atoms with Gasteiger partial charge < -0.3 is 15.0 Å². The number of halogens is 1. The maximum atomic E-state index is 6.18. The first-order valence-corrected chi connectivity index (χ1v) is 10.5. The Morgan fingerprint density at radius 2 is 2.07 bits per heavy atom. The Hall–Kier alpha value is -1.62. The third-order valence-electron chi connectivity index (χ3n) is 5.61. The summed E-state index contributed by atoms with van der Waals surface area (Å²) in [7, 11) is 0. The lowest BCUT2D eigenvalue weighted by atomic mass is 9.87. The minimum atomic E-state index is 0.285. The van der Waals surface area contributed by atoms with Crippen molar-refractivity contribution in [2.45, 2.75) is 38.1 Å². The molecular formula is C22H28ClN3O. The van der Waals surface area contributed by atoms with Crippen molar-refractivity contribution in [3.05, 3.63) is 58.2 Å². The second-order valence-electron chi connectivity index (χ2n) is 7.56. The van der Waals surface area contributed by atoms with Crippen LogP contribution in [-0.4, -0.2) is 42.7 Å². The van der Waals surface area contributed by atoms with Gasteiger partial charge in [-0.25, -0.2) is 4.98 Å². The Morgan fingerprint density at radius 3 is 2.93 bits per heavy atom. The van der Waals surface area contributed by atoms with E-state index < -0.39 is 0 Å². The van der Waals surface area contributed by atoms with Crippen LogP contribution in [0, 0.1) is 0 Å². The van der Waals surface area contributed by atoms with E-state index >= 15 is 0 Å². The van der Waals surface area contributed by atoms with Gasteiger partial charge in [-0.05, 0) is 61.2 Å². The molecule has 2 aliphatic rings. The molecule has 5 heteroatoms. The van der Waals surface area contributed by atoms with Crippen LogP contribution in [0.4, 0.5) is 0 Å². The normalized spacial score (nSPS) is 20.3. The van der Waals surface area contributed by atoms with Crippen molar-refractivity contribution in [2.24, 2.45) is 0 Å². The highest BCUT2D eigenvalue weighted by Gasteiger charge is 2.23. The maximum absolute atomic E-state index is 6.18. The van der Waals surface area contributed by atoms with Crippen LogP contribution in [0.2, 0.25) is 5.02 Å². The van der Waals surface area contributed by atoms with E-state index in [1.54, 1.807) is 0 Å². The Kier molecular flexibility index (Phi) is 6.28. The van der Waals surface area contributed by atoms with Crippen molar-refractivity contribution in [1.82, 2.24) is 15.2 Å². The van der Waals surface area contributed by atoms with E-state index in [0.29, 0.717) is 0 Å². The Morgan fingerprint density at radius 1 is 1.19 bits per heavy atom. The van der Waals surface area contributed by atoms with E-state index in [1.165, 1.54) is 49.0 Å². The van der Waals surface area contributed by atoms with E-state index in [9.17, 15) is 0 Å². The monoisotopic (exact) mass is 385 g/mol. The summed E-state index contributed by atoms with van der Waals surface area (Å²) >= 11 is 6.18. The fraction of sp³-hybridized carbons (Fsp3) is 0.500. The van der Waals surface area contributed by atoms with E-state index in [-0.39, 0.29) is 5.92 Å². The number of hydrogen-bond donors (Lipinski definition) is 1. The van der Waals surface area contributed by atoms with Gasteiger partial charge in [-0.15, -0.1) is 0 Å². The number of nitrogens with zero attached hydrogens (tertiary/aromatic N) is 2. The number of pyridine rings is 1. The first-order chi connectivity index (χ1) is 13.3. The van der Waals surface area contributed by atoms with Gasteiger partial charge in [0.15, 0.2) is 0 Å². The summed E-state index contributed by atoms with van der Waals surface area (Å²) in [6.45, 7) is 6.11. The molecule has 0 amide bonds. The molecule has 1 saturated heterocycles. The van der Waals surface area contributed by atoms with E-state index in [0.717, 1.165) is 43.6 Å². The predicted octanol–water partition coefficient (Wildman–Crippen LogP) is 4.22. The van der Waals surface area contributed by atoms with Crippen LogP contribution in [0.3, 0.4) is 0 Å². The van der Waals surface area contributed by atoms with Crippen molar-refractivity contribution < 1.29 is 4.74 Å². The lowest BCUT2D eigenvalue weighted by Gasteiger charge is -2.27. The molecule has 2 aliphatic heterocycles. The van der Waals surface area contributed by atoms with Gasteiger partial charge in [0.25, 0.3) is 0 Å². The van der Waals surface area contributed by atoms with E-state index in [1.807, 2.05) is 24.4 Å². The number of rotatable bonds is 6. The molecule has 1 aromatic carbocycles. The van der Waals surface area contributed by atoms with E-state index in [2.05, 4.69) is 27.3 Å². The number of hydrogen-bond acceptors (Lipinski definition) is 4. The number of ether oxygens (including phenoxy) is 1. The van der Waals surface area contributed by atoms with Crippen LogP contribution >= 0.6 is 11.6 Å². The third kappa shape index (κ3) is 4.81. The lowest BCUT2D eigenvalue weighted by molar-refractivity contribution is 0.203. The van der Waals surface area contributed by atoms with Crippen LogP contribution in [0.15, 0.2) is 36.5 Å². The molecule has 0 radical (unpaired) electrons. The topological polar surface area (TPSA) is 37.4 Å². The van der Waals surface area contributed by atoms with Crippen molar-refractivity contribution >= 4 is 11.6 Å². The first-order valence-electron chi connectivity index (χ1n) is 10.1. The lowest BCUT2D eigenvalue weighted by Crippen LogP contribution is -2.31. The van der Waals surface area contributed by atoms with Crippen LogP contribution in [0.1, 0.15) is 48.3 Å². The summed E-state index contributed by atoms with van der Waals surface area (Å²) in [5, 5.41) is 4.29. The molecule has 144 valence electrons. The maximum Gasteiger partial charge on any atom is 0.213 e. The largest absolute Gasteiger partial charge is 0.478 e. The quantitative estimate of drug-likeness (QED) is 0.755. The van der Waals surface area contributed by atoms with Gasteiger partial charge in [-0.2, -0.15) is 0 Å². The standard InChI is InChI=1S/C22H28ClN3O/c23-19-7-4-6-17(12-19)20-15-24-14-18-13-22(25-16-21(18)20)27-11-5-10-26-8-2-1-3-9-26/h4,6-7,12-13,16,20,24H,1-3,5,8-11,14-15H2. The van der Waals surface area contributed by atoms with Gasteiger partial charge in [0.05, 0.1) is 6.61 Å². The number of benzene rings is 1. The SMILES string of the molecule is Clc1cccc(C2CNCc3cc(OCCCN4CCCCC4)ncc32)c1. The van der Waals surface area contributed by atoms with Gasteiger partial charge in [-0.1, -0.05) is 30.2 Å². The molecule has 0 spiro atoms. The highest BCUT2D eigenvalue weighted by Crippen LogP contribution is 2.32. The van der Waals surface area contributed by atoms with Crippen molar-refractivity contribution in [3.8, 4) is 5.88 Å². The highest BCUT2D eigenvalue weighted by molar-refractivity contribution is 6.30. The number of nitrogens with one attached hydrogen (secondary N) is 1. The summed E-state index contributed by atoms with van der Waals surface area (Å²) in [5.74, 6) is 1.02. The van der Waals surface area contributed by atoms with Crippen molar-refractivity contribution in [1.29, 1.82) is 0 Å². The molecule has 1 aromatic heterocycles. The molecule has 0 aliphatic carbocycles. The molecule has 3 heterocycles. The predicted molar refractivity (Wildman–Crippen MR) is 110 cm³/mol. The molecular weight excluding hydrogens is 358 g/mol. The van der Waals surface area contributed by atoms with Crippen LogP contribution in [0.5, 0.6) is 5.88 Å². The van der Waals surface area contributed by atoms with E-state index in [4.69, 9.17) is 16.3 Å². The summed E-state index contributed by atoms with van der Waals surface area (Å²) in [4.78, 5) is 7.13. The fourth-order valence-electron chi connectivity index (χ4n) is 4.16. The molecule has 0 saturated carbocycles. The molecule has 0 bridgehead atoms. The van der Waals surface area contributed by atoms with Gasteiger partial charge in [0, 0.05) is 42.8 Å². The molecule has 1 unspecified atom stereocenters. The van der Waals surface area contributed by atoms with Gasteiger partial charge >= 0.3 is 0 Å². The second-order valence-corrected chi connectivity index (χ2v) is 8.00. The Balaban J connectivity index is 1.36. The summed E-state index contributed by atoms with van der Waals surface area (Å²) in [6.07, 6.45) is 7.11. The molecule has 1 fully saturated rings. The third-order valence-corrected chi connectivity index (χ3v) is 5.84. The number of aromatic nitrogens is 1. The van der Waals surface area contributed by atoms with Crippen LogP contribution in [0.25, 0.3) is 0 Å². The zero-order chi connectivity index (χ0) is 18.5. The Bertz CT molecular complexity index is 761. The van der Waals surface area contributed by atoms with Gasteiger partial charge in [-0.3, -0.25) is 0 Å². The summed E-state index contributed by atoms with van der Waals surface area (Å²) in [6, 6.07) is 10.2. The minimum Gasteiger partial charge on any atom is -0.478 e. The average Bonchev–Trinajstić information content (AvgIpc) is 2.71. The summed E-state index contributed by atoms with van der Waals surface area (Å²) < 4.78 is 5.94. The van der Waals surface area contributed by atoms with Crippen LogP contribution < -0.4 is 10.1 Å². The second kappa shape index (κ2) is 9.05. The van der Waals surface area contributed by atoms with Gasteiger partial charge in [0.1, 0.15) is 0 Å². The summed E-state index contributed by atoms with van der Waals surface area (Å²) in [5.41, 5.74) is 3.77. The molecule has 1 N–H and O–H groups in total. The van der Waals surface area contributed by atoms with Gasteiger partial charge in [0.2, 0.25) is 5.88 Å². The molecule has 4 rings (SSSR count). The molecule has 1 atom stereocenters. The smallest absolute Gasteiger partial charge is 0.213 e. The Labute approximate surface area is 166 Å². The molecule has 2 aromatic rings. The minimum absolute atomic E-state index is 0.285. The molecule has 4 nitrogen and oxygen atoms in total. The zero-order valence-corrected chi connectivity index (χ0v) is 16.5.